The average molecular weight is 395 g/mol. The smallest absolute Gasteiger partial charge is 0.270 e. The highest BCUT2D eigenvalue weighted by atomic mass is 16.3. The van der Waals surface area contributed by atoms with Gasteiger partial charge < -0.3 is 4.42 Å². The fraction of sp³-hybridized carbons (Fsp3) is 0.0435. The molecular weight excluding hydrogens is 378 g/mol. The standard InChI is InChI=1S/C23H17N5O2/c1-15-10-11-20(30-15)18-9-5-6-16(12-18)14-25-28-23-26-21(17-7-3-2-4-8-17)19(13-24)22(29)27-23/h2-12,14H,1H3,(H2,26,27,28,29). The molecule has 2 aromatic heterocycles. The molecular formula is C23H17N5O2. The number of nitriles is 1. The minimum atomic E-state index is -0.528. The van der Waals surface area contributed by atoms with Crippen molar-refractivity contribution >= 4 is 12.2 Å². The number of nitrogens with zero attached hydrogens (tertiary/aromatic N) is 3. The lowest BCUT2D eigenvalue weighted by Gasteiger charge is -2.06. The number of hydrogen-bond acceptors (Lipinski definition) is 6. The first kappa shape index (κ1) is 18.9. The third-order valence-electron chi connectivity index (χ3n) is 4.37. The molecule has 0 fully saturated rings. The van der Waals surface area contributed by atoms with Gasteiger partial charge in [-0.2, -0.15) is 10.4 Å². The number of hydrogen-bond donors (Lipinski definition) is 2. The highest BCUT2D eigenvalue weighted by Gasteiger charge is 2.12. The zero-order valence-corrected chi connectivity index (χ0v) is 16.1. The minimum absolute atomic E-state index is 0.0443. The Kier molecular flexibility index (Phi) is 5.22. The maximum atomic E-state index is 12.3. The summed E-state index contributed by atoms with van der Waals surface area (Å²) in [4.78, 5) is 19.2. The molecule has 7 nitrogen and oxygen atoms in total. The molecule has 0 amide bonds. The van der Waals surface area contributed by atoms with Crippen molar-refractivity contribution in [1.29, 1.82) is 5.26 Å². The largest absolute Gasteiger partial charge is 0.461 e. The predicted octanol–water partition coefficient (Wildman–Crippen LogP) is 4.32. The molecule has 0 aliphatic rings. The first-order chi connectivity index (χ1) is 14.6. The van der Waals surface area contributed by atoms with Crippen molar-refractivity contribution in [3.8, 4) is 28.7 Å². The molecule has 7 heteroatoms. The lowest BCUT2D eigenvalue weighted by molar-refractivity contribution is 0.548. The van der Waals surface area contributed by atoms with Gasteiger partial charge in [0.05, 0.1) is 11.9 Å². The number of benzene rings is 2. The summed E-state index contributed by atoms with van der Waals surface area (Å²) in [7, 11) is 0. The molecule has 0 atom stereocenters. The van der Waals surface area contributed by atoms with Crippen molar-refractivity contribution in [2.24, 2.45) is 5.10 Å². The molecule has 2 N–H and O–H groups in total. The van der Waals surface area contributed by atoms with E-state index in [4.69, 9.17) is 4.42 Å². The van der Waals surface area contributed by atoms with E-state index in [0.717, 1.165) is 22.6 Å². The second-order valence-electron chi connectivity index (χ2n) is 6.52. The maximum Gasteiger partial charge on any atom is 0.270 e. The molecule has 4 aromatic rings. The number of anilines is 1. The van der Waals surface area contributed by atoms with Crippen LogP contribution in [0.2, 0.25) is 0 Å². The predicted molar refractivity (Wildman–Crippen MR) is 115 cm³/mol. The monoisotopic (exact) mass is 395 g/mol. The molecule has 2 aromatic carbocycles. The second kappa shape index (κ2) is 8.29. The maximum absolute atomic E-state index is 12.3. The Morgan fingerprint density at radius 1 is 1.10 bits per heavy atom. The van der Waals surface area contributed by atoms with Gasteiger partial charge in [0.25, 0.3) is 5.56 Å². The quantitative estimate of drug-likeness (QED) is 0.386. The van der Waals surface area contributed by atoms with Crippen LogP contribution in [0.15, 0.2) is 81.0 Å². The van der Waals surface area contributed by atoms with Gasteiger partial charge in [-0.05, 0) is 30.7 Å². The number of hydrazone groups is 1. The van der Waals surface area contributed by atoms with Gasteiger partial charge in [-0.15, -0.1) is 0 Å². The van der Waals surface area contributed by atoms with E-state index in [1.807, 2.05) is 67.6 Å². The summed E-state index contributed by atoms with van der Waals surface area (Å²) in [6.45, 7) is 1.90. The summed E-state index contributed by atoms with van der Waals surface area (Å²) in [6, 6.07) is 22.5. The van der Waals surface area contributed by atoms with Crippen LogP contribution < -0.4 is 11.0 Å². The molecule has 0 spiro atoms. The Balaban J connectivity index is 1.59. The Bertz CT molecular complexity index is 1310. The Labute approximate surface area is 172 Å². The number of H-pyrrole nitrogens is 1. The highest BCUT2D eigenvalue weighted by Crippen LogP contribution is 2.22. The number of aromatic amines is 1. The minimum Gasteiger partial charge on any atom is -0.461 e. The lowest BCUT2D eigenvalue weighted by Crippen LogP contribution is -2.16. The Hall–Kier alpha value is -4.44. The van der Waals surface area contributed by atoms with E-state index < -0.39 is 5.56 Å². The van der Waals surface area contributed by atoms with Gasteiger partial charge in [0, 0.05) is 11.1 Å². The van der Waals surface area contributed by atoms with E-state index in [0.29, 0.717) is 11.3 Å². The lowest BCUT2D eigenvalue weighted by atomic mass is 10.1. The van der Waals surface area contributed by atoms with Crippen molar-refractivity contribution in [1.82, 2.24) is 9.97 Å². The zero-order valence-electron chi connectivity index (χ0n) is 16.1. The summed E-state index contributed by atoms with van der Waals surface area (Å²) in [6.07, 6.45) is 1.61. The molecule has 146 valence electrons. The molecule has 2 heterocycles. The van der Waals surface area contributed by atoms with Crippen molar-refractivity contribution < 1.29 is 4.42 Å². The van der Waals surface area contributed by atoms with Crippen LogP contribution >= 0.6 is 0 Å². The van der Waals surface area contributed by atoms with Crippen molar-refractivity contribution in [3.63, 3.8) is 0 Å². The van der Waals surface area contributed by atoms with E-state index >= 15 is 0 Å². The molecule has 0 saturated carbocycles. The van der Waals surface area contributed by atoms with Gasteiger partial charge in [0.1, 0.15) is 23.2 Å². The average Bonchev–Trinajstić information content (AvgIpc) is 3.21. The van der Waals surface area contributed by atoms with Crippen molar-refractivity contribution in [3.05, 3.63) is 94.0 Å². The normalized spacial score (nSPS) is 10.8. The summed E-state index contributed by atoms with van der Waals surface area (Å²) in [5, 5.41) is 13.5. The third-order valence-corrected chi connectivity index (χ3v) is 4.37. The summed E-state index contributed by atoms with van der Waals surface area (Å²) in [5.74, 6) is 1.77. The number of nitrogens with one attached hydrogen (secondary N) is 2. The molecule has 0 unspecified atom stereocenters. The first-order valence-corrected chi connectivity index (χ1v) is 9.20. The zero-order chi connectivity index (χ0) is 20.9. The SMILES string of the molecule is Cc1ccc(-c2cccc(C=NNc3nc(-c4ccccc4)c(C#N)c(=O)[nH]3)c2)o1. The molecule has 30 heavy (non-hydrogen) atoms. The van der Waals surface area contributed by atoms with E-state index in [1.165, 1.54) is 0 Å². The highest BCUT2D eigenvalue weighted by molar-refractivity contribution is 5.82. The van der Waals surface area contributed by atoms with Crippen LogP contribution in [0.3, 0.4) is 0 Å². The molecule has 0 saturated heterocycles. The van der Waals surface area contributed by atoms with Crippen LogP contribution in [0.5, 0.6) is 0 Å². The summed E-state index contributed by atoms with van der Waals surface area (Å²) < 4.78 is 5.65. The molecule has 0 bridgehead atoms. The van der Waals surface area contributed by atoms with Gasteiger partial charge in [-0.3, -0.25) is 9.78 Å². The van der Waals surface area contributed by atoms with Crippen LogP contribution in [-0.4, -0.2) is 16.2 Å². The van der Waals surface area contributed by atoms with E-state index in [2.05, 4.69) is 20.5 Å². The third kappa shape index (κ3) is 4.03. The van der Waals surface area contributed by atoms with Crippen molar-refractivity contribution in [2.45, 2.75) is 6.92 Å². The van der Waals surface area contributed by atoms with E-state index in [-0.39, 0.29) is 11.5 Å². The Morgan fingerprint density at radius 2 is 1.90 bits per heavy atom. The molecule has 0 aliphatic carbocycles. The van der Waals surface area contributed by atoms with Crippen LogP contribution in [-0.2, 0) is 0 Å². The fourth-order valence-electron chi connectivity index (χ4n) is 2.96. The van der Waals surface area contributed by atoms with Gasteiger partial charge in [-0.1, -0.05) is 48.5 Å². The molecule has 0 radical (unpaired) electrons. The van der Waals surface area contributed by atoms with Crippen LogP contribution in [0.1, 0.15) is 16.9 Å². The van der Waals surface area contributed by atoms with Gasteiger partial charge in [-0.25, -0.2) is 10.4 Å². The van der Waals surface area contributed by atoms with Gasteiger partial charge >= 0.3 is 0 Å². The van der Waals surface area contributed by atoms with Crippen LogP contribution in [0.4, 0.5) is 5.95 Å². The van der Waals surface area contributed by atoms with Crippen molar-refractivity contribution in [2.75, 3.05) is 5.43 Å². The number of aromatic nitrogens is 2. The topological polar surface area (TPSA) is 107 Å². The van der Waals surface area contributed by atoms with Gasteiger partial charge in [0.2, 0.25) is 5.95 Å². The van der Waals surface area contributed by atoms with Gasteiger partial charge in [0.15, 0.2) is 0 Å². The van der Waals surface area contributed by atoms with E-state index in [9.17, 15) is 10.1 Å². The Morgan fingerprint density at radius 3 is 2.63 bits per heavy atom. The van der Waals surface area contributed by atoms with E-state index in [1.54, 1.807) is 18.3 Å². The first-order valence-electron chi connectivity index (χ1n) is 9.20. The fourth-order valence-corrected chi connectivity index (χ4v) is 2.96. The van der Waals surface area contributed by atoms with Crippen LogP contribution in [0, 0.1) is 18.3 Å². The summed E-state index contributed by atoms with van der Waals surface area (Å²) >= 11 is 0. The number of furan rings is 1. The number of aryl methyl sites for hydroxylation is 1. The van der Waals surface area contributed by atoms with Crippen LogP contribution in [0.25, 0.3) is 22.6 Å². The number of rotatable bonds is 5. The summed E-state index contributed by atoms with van der Waals surface area (Å²) in [5.41, 5.74) is 4.91. The molecule has 0 aliphatic heterocycles. The molecule has 4 rings (SSSR count). The second-order valence-corrected chi connectivity index (χ2v) is 6.52.